The molecule has 4 aromatic carbocycles. The summed E-state index contributed by atoms with van der Waals surface area (Å²) >= 11 is 0. The number of aryl methyl sites for hydroxylation is 2. The molecule has 53 heavy (non-hydrogen) atoms. The Bertz CT molecular complexity index is 1870. The maximum atomic E-state index is 8.06. The molecule has 0 radical (unpaired) electrons. The summed E-state index contributed by atoms with van der Waals surface area (Å²) in [4.78, 5) is 0. The van der Waals surface area contributed by atoms with Gasteiger partial charge in [-0.2, -0.15) is 0 Å². The van der Waals surface area contributed by atoms with E-state index in [4.69, 9.17) is 4.12 Å². The van der Waals surface area contributed by atoms with Gasteiger partial charge in [-0.3, -0.25) is 0 Å². The SMILES string of the molecule is Cc1ccc2c(c1)CC(c1ccc3c(c1)CC([SiH3])C(C)C3)C([Si](C)(C)O[Si](C)(C)C1Cc3ccc(C)cc3CC1c1ccc3c(c1)CC([SiH3])C(C)C3)C2. The van der Waals surface area contributed by atoms with Gasteiger partial charge in [-0.15, -0.1) is 0 Å². The Morgan fingerprint density at radius 3 is 1.23 bits per heavy atom. The Balaban J connectivity index is 1.15. The maximum Gasteiger partial charge on any atom is 0.177 e. The first-order valence-corrected chi connectivity index (χ1v) is 29.5. The van der Waals surface area contributed by atoms with Crippen molar-refractivity contribution in [2.24, 2.45) is 11.8 Å². The number of rotatable bonds is 6. The third-order valence-electron chi connectivity index (χ3n) is 15.2. The van der Waals surface area contributed by atoms with Crippen LogP contribution in [0.4, 0.5) is 0 Å². The molecule has 4 aliphatic carbocycles. The molecule has 4 aliphatic rings. The van der Waals surface area contributed by atoms with E-state index in [1.165, 1.54) is 57.3 Å². The average molecular weight is 771 g/mol. The molecule has 4 aromatic rings. The molecule has 0 bridgehead atoms. The van der Waals surface area contributed by atoms with Crippen LogP contribution in [0.2, 0.25) is 48.4 Å². The van der Waals surface area contributed by atoms with Crippen molar-refractivity contribution in [3.05, 3.63) is 140 Å². The normalized spacial score (nSPS) is 28.5. The molecular formula is C48H66OSi4. The van der Waals surface area contributed by atoms with E-state index in [1.54, 1.807) is 55.6 Å². The molecule has 0 saturated heterocycles. The van der Waals surface area contributed by atoms with Gasteiger partial charge in [0.25, 0.3) is 0 Å². The molecule has 5 heteroatoms. The second-order valence-corrected chi connectivity index (χ2v) is 31.6. The second-order valence-electron chi connectivity index (χ2n) is 19.9. The number of hydrogen-bond donors (Lipinski definition) is 0. The summed E-state index contributed by atoms with van der Waals surface area (Å²) in [6.07, 6.45) is 9.70. The zero-order valence-electron chi connectivity index (χ0n) is 34.6. The van der Waals surface area contributed by atoms with Gasteiger partial charge in [-0.05, 0) is 193 Å². The zero-order chi connectivity index (χ0) is 37.4. The van der Waals surface area contributed by atoms with Gasteiger partial charge in [-0.25, -0.2) is 0 Å². The molecule has 8 rings (SSSR count). The van der Waals surface area contributed by atoms with Crippen molar-refractivity contribution in [2.45, 2.75) is 139 Å². The highest BCUT2D eigenvalue weighted by Gasteiger charge is 2.50. The fourth-order valence-electron chi connectivity index (χ4n) is 11.5. The number of fused-ring (bicyclic) bond motifs is 4. The Morgan fingerprint density at radius 1 is 0.453 bits per heavy atom. The molecule has 0 saturated carbocycles. The van der Waals surface area contributed by atoms with Crippen molar-refractivity contribution in [3.63, 3.8) is 0 Å². The van der Waals surface area contributed by atoms with Crippen LogP contribution in [-0.4, -0.2) is 37.1 Å². The van der Waals surface area contributed by atoms with Crippen LogP contribution in [0.3, 0.4) is 0 Å². The van der Waals surface area contributed by atoms with Crippen molar-refractivity contribution in [1.82, 2.24) is 0 Å². The van der Waals surface area contributed by atoms with Crippen LogP contribution in [-0.2, 0) is 55.5 Å². The summed E-state index contributed by atoms with van der Waals surface area (Å²) in [5, 5.41) is 0. The third-order valence-corrected chi connectivity index (χ3v) is 27.3. The quantitative estimate of drug-likeness (QED) is 0.178. The highest BCUT2D eigenvalue weighted by Crippen LogP contribution is 2.52. The van der Waals surface area contributed by atoms with E-state index in [0.717, 1.165) is 48.6 Å². The van der Waals surface area contributed by atoms with Crippen molar-refractivity contribution in [2.75, 3.05) is 0 Å². The lowest BCUT2D eigenvalue weighted by atomic mass is 9.77. The first-order valence-electron chi connectivity index (χ1n) is 21.3. The lowest BCUT2D eigenvalue weighted by molar-refractivity contribution is 0.432. The van der Waals surface area contributed by atoms with Crippen LogP contribution in [0.15, 0.2) is 72.8 Å². The number of hydrogen-bond acceptors (Lipinski definition) is 1. The molecule has 8 unspecified atom stereocenters. The van der Waals surface area contributed by atoms with Crippen LogP contribution >= 0.6 is 0 Å². The molecule has 0 aliphatic heterocycles. The maximum absolute atomic E-state index is 8.06. The predicted molar refractivity (Wildman–Crippen MR) is 240 cm³/mol. The molecule has 0 amide bonds. The monoisotopic (exact) mass is 770 g/mol. The first kappa shape index (κ1) is 37.6. The summed E-state index contributed by atoms with van der Waals surface area (Å²) in [7, 11) is -1.83. The Morgan fingerprint density at radius 2 is 0.811 bits per heavy atom. The second kappa shape index (κ2) is 14.3. The smallest absolute Gasteiger partial charge is 0.177 e. The van der Waals surface area contributed by atoms with Gasteiger partial charge in [0.1, 0.15) is 0 Å². The standard InChI is InChI=1S/C48H66OSi4/c1-29-9-11-35-27-47(43(23-39(35)17-29)37-15-13-33-19-31(3)45(50)25-41(33)21-37)52(5,6)49-53(7,8)48-28-36-12-10-30(2)18-40(36)24-44(48)38-16-14-34-20-32(4)46(51)26-42(34)22-38/h9-18,21-22,31-32,43-48H,19-20,23-28H2,1-8,50-51H3. The molecule has 0 fully saturated rings. The summed E-state index contributed by atoms with van der Waals surface area (Å²) in [5.41, 5.74) is 21.7. The third kappa shape index (κ3) is 7.39. The molecule has 0 spiro atoms. The van der Waals surface area contributed by atoms with Crippen molar-refractivity contribution < 1.29 is 4.12 Å². The molecule has 8 atom stereocenters. The average Bonchev–Trinajstić information content (AvgIpc) is 3.10. The topological polar surface area (TPSA) is 9.23 Å². The van der Waals surface area contributed by atoms with Gasteiger partial charge in [0.15, 0.2) is 16.6 Å². The van der Waals surface area contributed by atoms with E-state index in [-0.39, 0.29) is 0 Å². The molecule has 0 aromatic heterocycles. The van der Waals surface area contributed by atoms with Crippen molar-refractivity contribution >= 4 is 37.1 Å². The fraction of sp³-hybridized carbons (Fsp3) is 0.500. The fourth-order valence-corrected chi connectivity index (χ4v) is 23.5. The number of benzene rings is 4. The molecule has 1 nitrogen and oxygen atoms in total. The first-order chi connectivity index (χ1) is 25.1. The van der Waals surface area contributed by atoms with Gasteiger partial charge < -0.3 is 4.12 Å². The van der Waals surface area contributed by atoms with E-state index >= 15 is 0 Å². The van der Waals surface area contributed by atoms with E-state index in [1.807, 2.05) is 0 Å². The summed E-state index contributed by atoms with van der Waals surface area (Å²) in [5.74, 6) is 2.71. The van der Waals surface area contributed by atoms with E-state index < -0.39 is 16.6 Å². The Kier molecular flexibility index (Phi) is 10.2. The predicted octanol–water partition coefficient (Wildman–Crippen LogP) is 9.71. The summed E-state index contributed by atoms with van der Waals surface area (Å²) < 4.78 is 8.06. The summed E-state index contributed by atoms with van der Waals surface area (Å²) in [6, 6.07) is 30.1. The highest BCUT2D eigenvalue weighted by molar-refractivity contribution is 6.86. The van der Waals surface area contributed by atoms with E-state index in [0.29, 0.717) is 22.9 Å². The lowest BCUT2D eigenvalue weighted by Crippen LogP contribution is -2.54. The van der Waals surface area contributed by atoms with Gasteiger partial charge in [0.2, 0.25) is 0 Å². The van der Waals surface area contributed by atoms with Crippen LogP contribution in [0.5, 0.6) is 0 Å². The van der Waals surface area contributed by atoms with Gasteiger partial charge >= 0.3 is 0 Å². The largest absolute Gasteiger partial charge is 0.455 e. The van der Waals surface area contributed by atoms with Gasteiger partial charge in [-0.1, -0.05) is 97.8 Å². The zero-order valence-corrected chi connectivity index (χ0v) is 40.6. The lowest BCUT2D eigenvalue weighted by Gasteiger charge is -2.49. The Labute approximate surface area is 330 Å². The van der Waals surface area contributed by atoms with E-state index in [9.17, 15) is 0 Å². The van der Waals surface area contributed by atoms with Crippen molar-refractivity contribution in [1.29, 1.82) is 0 Å². The van der Waals surface area contributed by atoms with Crippen LogP contribution < -0.4 is 0 Å². The van der Waals surface area contributed by atoms with Gasteiger partial charge in [0.05, 0.1) is 0 Å². The summed E-state index contributed by atoms with van der Waals surface area (Å²) in [6.45, 7) is 20.0. The van der Waals surface area contributed by atoms with Crippen LogP contribution in [0.1, 0.15) is 92.4 Å². The molecule has 0 heterocycles. The minimum Gasteiger partial charge on any atom is -0.455 e. The minimum atomic E-state index is -2.21. The van der Waals surface area contributed by atoms with Crippen LogP contribution in [0, 0.1) is 25.7 Å². The van der Waals surface area contributed by atoms with Crippen LogP contribution in [0.25, 0.3) is 0 Å². The molecule has 280 valence electrons. The minimum absolute atomic E-state index is 0.521. The van der Waals surface area contributed by atoms with E-state index in [2.05, 4.69) is 127 Å². The highest BCUT2D eigenvalue weighted by atomic mass is 28.4. The Hall–Kier alpha value is -2.29. The van der Waals surface area contributed by atoms with Gasteiger partial charge in [0, 0.05) is 20.5 Å². The molecule has 0 N–H and O–H groups in total. The molecular weight excluding hydrogens is 705 g/mol. The van der Waals surface area contributed by atoms with Crippen molar-refractivity contribution in [3.8, 4) is 0 Å².